The molecule has 1 saturated heterocycles. The molecule has 6 nitrogen and oxygen atoms in total. The van der Waals surface area contributed by atoms with Crippen LogP contribution in [0.15, 0.2) is 64.0 Å². The van der Waals surface area contributed by atoms with E-state index in [2.05, 4.69) is 15.9 Å². The zero-order chi connectivity index (χ0) is 26.0. The Hall–Kier alpha value is -2.78. The van der Waals surface area contributed by atoms with Crippen molar-refractivity contribution in [1.29, 1.82) is 0 Å². The van der Waals surface area contributed by atoms with Gasteiger partial charge < -0.3 is 9.47 Å². The summed E-state index contributed by atoms with van der Waals surface area (Å²) in [5.41, 5.74) is 2.60. The van der Waals surface area contributed by atoms with Crippen LogP contribution in [0.25, 0.3) is 6.08 Å². The van der Waals surface area contributed by atoms with Gasteiger partial charge in [-0.1, -0.05) is 47.0 Å². The fourth-order valence-corrected chi connectivity index (χ4v) is 5.22. The number of carbonyl (C=O) groups excluding carboxylic acids is 3. The minimum absolute atomic E-state index is 0.0267. The first-order chi connectivity index (χ1) is 17.2. The van der Waals surface area contributed by atoms with E-state index in [0.29, 0.717) is 31.2 Å². The number of methoxy groups -OCH3 is 1. The maximum atomic E-state index is 13.0. The molecule has 3 aromatic rings. The third kappa shape index (κ3) is 5.78. The van der Waals surface area contributed by atoms with Crippen LogP contribution < -0.4 is 9.47 Å². The first kappa shape index (κ1) is 26.3. The Bertz CT molecular complexity index is 1410. The number of nitrogens with zero attached hydrogens (tertiary/aromatic N) is 1. The highest BCUT2D eigenvalue weighted by Crippen LogP contribution is 2.40. The molecule has 0 saturated carbocycles. The molecule has 0 N–H and O–H groups in total. The summed E-state index contributed by atoms with van der Waals surface area (Å²) in [6, 6.07) is 15.2. The second-order valence-corrected chi connectivity index (χ2v) is 10.5. The number of rotatable bonds is 6. The average Bonchev–Trinajstić information content (AvgIpc) is 3.09. The van der Waals surface area contributed by atoms with E-state index in [1.807, 2.05) is 19.1 Å². The Morgan fingerprint density at radius 2 is 1.81 bits per heavy atom. The van der Waals surface area contributed by atoms with Gasteiger partial charge in [-0.2, -0.15) is 0 Å². The van der Waals surface area contributed by atoms with Crippen LogP contribution in [-0.4, -0.2) is 29.1 Å². The van der Waals surface area contributed by atoms with Crippen LogP contribution in [0.2, 0.25) is 10.0 Å². The average molecular weight is 607 g/mol. The van der Waals surface area contributed by atoms with Crippen molar-refractivity contribution < 1.29 is 23.9 Å². The lowest BCUT2D eigenvalue weighted by atomic mass is 10.1. The summed E-state index contributed by atoms with van der Waals surface area (Å²) in [7, 11) is 1.44. The molecule has 0 atom stereocenters. The van der Waals surface area contributed by atoms with Gasteiger partial charge in [-0.3, -0.25) is 14.5 Å². The third-order valence-electron chi connectivity index (χ3n) is 5.25. The lowest BCUT2D eigenvalue weighted by Crippen LogP contribution is -2.27. The predicted octanol–water partition coefficient (Wildman–Crippen LogP) is 7.53. The van der Waals surface area contributed by atoms with Gasteiger partial charge in [-0.05, 0) is 88.2 Å². The number of ether oxygens (including phenoxy) is 2. The molecule has 1 heterocycles. The van der Waals surface area contributed by atoms with Crippen LogP contribution in [-0.2, 0) is 11.3 Å². The number of hydrogen-bond acceptors (Lipinski definition) is 6. The molecule has 1 aliphatic heterocycles. The summed E-state index contributed by atoms with van der Waals surface area (Å²) in [5, 5.41) is 0.423. The number of hydrogen-bond donors (Lipinski definition) is 0. The van der Waals surface area contributed by atoms with E-state index in [1.165, 1.54) is 7.11 Å². The first-order valence-corrected chi connectivity index (χ1v) is 12.9. The lowest BCUT2D eigenvalue weighted by Gasteiger charge is -2.14. The number of halogens is 3. The van der Waals surface area contributed by atoms with Crippen LogP contribution in [0.1, 0.15) is 27.0 Å². The molecule has 0 unspecified atom stereocenters. The van der Waals surface area contributed by atoms with Crippen molar-refractivity contribution in [1.82, 2.24) is 4.90 Å². The van der Waals surface area contributed by atoms with E-state index in [-0.39, 0.29) is 22.9 Å². The summed E-state index contributed by atoms with van der Waals surface area (Å²) in [6.45, 7) is 1.95. The number of imide groups is 1. The van der Waals surface area contributed by atoms with Gasteiger partial charge in [-0.25, -0.2) is 4.79 Å². The molecule has 36 heavy (non-hydrogen) atoms. The molecule has 0 spiro atoms. The van der Waals surface area contributed by atoms with Crippen LogP contribution in [0.4, 0.5) is 4.79 Å². The zero-order valence-corrected chi connectivity index (χ0v) is 22.9. The summed E-state index contributed by atoms with van der Waals surface area (Å²) in [6.07, 6.45) is 1.58. The summed E-state index contributed by atoms with van der Waals surface area (Å²) in [5.74, 6) is -0.501. The smallest absolute Gasteiger partial charge is 0.343 e. The van der Waals surface area contributed by atoms with E-state index in [9.17, 15) is 14.4 Å². The second kappa shape index (κ2) is 11.1. The molecule has 3 aromatic carbocycles. The highest BCUT2D eigenvalue weighted by Gasteiger charge is 2.35. The standard InChI is InChI=1S/C26H18BrCl2NO5S/c1-14-3-5-16(6-4-14)25(32)35-23-19(27)9-15(10-21(23)34-2)11-22-24(31)30(26(33)36-22)13-17-7-8-18(28)12-20(17)29/h3-12H,13H2,1-2H3/b22-11-. The molecular formula is C26H18BrCl2NO5S. The van der Waals surface area contributed by atoms with Crippen molar-refractivity contribution in [3.63, 3.8) is 0 Å². The van der Waals surface area contributed by atoms with Crippen molar-refractivity contribution in [3.8, 4) is 11.5 Å². The number of thioether (sulfide) groups is 1. The van der Waals surface area contributed by atoms with Crippen LogP contribution >= 0.6 is 50.9 Å². The number of esters is 1. The first-order valence-electron chi connectivity index (χ1n) is 10.5. The Morgan fingerprint density at radius 3 is 2.47 bits per heavy atom. The molecule has 4 rings (SSSR count). The van der Waals surface area contributed by atoms with Crippen molar-refractivity contribution >= 4 is 74.1 Å². The predicted molar refractivity (Wildman–Crippen MR) is 145 cm³/mol. The Kier molecular flexibility index (Phi) is 8.10. The Balaban J connectivity index is 1.56. The molecule has 10 heteroatoms. The fourth-order valence-electron chi connectivity index (χ4n) is 3.37. The highest BCUT2D eigenvalue weighted by molar-refractivity contribution is 9.10. The van der Waals surface area contributed by atoms with Crippen LogP contribution in [0.5, 0.6) is 11.5 Å². The number of amides is 2. The zero-order valence-electron chi connectivity index (χ0n) is 19.0. The molecule has 0 aromatic heterocycles. The van der Waals surface area contributed by atoms with Crippen molar-refractivity contribution in [2.24, 2.45) is 0 Å². The van der Waals surface area contributed by atoms with Crippen molar-refractivity contribution in [2.45, 2.75) is 13.5 Å². The number of carbonyl (C=O) groups is 3. The second-order valence-electron chi connectivity index (χ2n) is 7.79. The molecule has 2 amide bonds. The molecule has 1 aliphatic rings. The van der Waals surface area contributed by atoms with E-state index in [1.54, 1.807) is 48.5 Å². The van der Waals surface area contributed by atoms with Gasteiger partial charge in [-0.15, -0.1) is 0 Å². The van der Waals surface area contributed by atoms with Crippen LogP contribution in [0.3, 0.4) is 0 Å². The van der Waals surface area contributed by atoms with Gasteiger partial charge in [0.25, 0.3) is 11.1 Å². The van der Waals surface area contributed by atoms with Gasteiger partial charge >= 0.3 is 5.97 Å². The minimum Gasteiger partial charge on any atom is -0.493 e. The lowest BCUT2D eigenvalue weighted by molar-refractivity contribution is -0.123. The Morgan fingerprint density at radius 1 is 1.08 bits per heavy atom. The summed E-state index contributed by atoms with van der Waals surface area (Å²) < 4.78 is 11.4. The molecule has 0 aliphatic carbocycles. The minimum atomic E-state index is -0.538. The molecule has 1 fully saturated rings. The van der Waals surface area contributed by atoms with Crippen molar-refractivity contribution in [2.75, 3.05) is 7.11 Å². The van der Waals surface area contributed by atoms with Gasteiger partial charge in [0.05, 0.1) is 28.6 Å². The van der Waals surface area contributed by atoms with Crippen molar-refractivity contribution in [3.05, 3.63) is 96.3 Å². The van der Waals surface area contributed by atoms with E-state index in [4.69, 9.17) is 32.7 Å². The normalized spacial score (nSPS) is 14.5. The Labute approximate surface area is 230 Å². The topological polar surface area (TPSA) is 72.9 Å². The molecule has 184 valence electrons. The van der Waals surface area contributed by atoms with Gasteiger partial charge in [0, 0.05) is 10.0 Å². The van der Waals surface area contributed by atoms with E-state index >= 15 is 0 Å². The maximum absolute atomic E-state index is 13.0. The van der Waals surface area contributed by atoms with E-state index < -0.39 is 17.1 Å². The van der Waals surface area contributed by atoms with Gasteiger partial charge in [0.2, 0.25) is 0 Å². The monoisotopic (exact) mass is 605 g/mol. The third-order valence-corrected chi connectivity index (χ3v) is 7.33. The van der Waals surface area contributed by atoms with Gasteiger partial charge in [0.15, 0.2) is 11.5 Å². The summed E-state index contributed by atoms with van der Waals surface area (Å²) in [4.78, 5) is 39.5. The molecule has 0 radical (unpaired) electrons. The largest absolute Gasteiger partial charge is 0.493 e. The SMILES string of the molecule is COc1cc(/C=C2\SC(=O)N(Cc3ccc(Cl)cc3Cl)C2=O)cc(Br)c1OC(=O)c1ccc(C)cc1. The maximum Gasteiger partial charge on any atom is 0.343 e. The van der Waals surface area contributed by atoms with Gasteiger partial charge in [0.1, 0.15) is 0 Å². The molecule has 0 bridgehead atoms. The summed E-state index contributed by atoms with van der Waals surface area (Å²) >= 11 is 16.4. The molecular weight excluding hydrogens is 589 g/mol. The van der Waals surface area contributed by atoms with E-state index in [0.717, 1.165) is 22.2 Å². The number of aryl methyl sites for hydroxylation is 1. The van der Waals surface area contributed by atoms with Crippen LogP contribution in [0, 0.1) is 6.92 Å². The highest BCUT2D eigenvalue weighted by atomic mass is 79.9. The quantitative estimate of drug-likeness (QED) is 0.164. The number of benzene rings is 3. The fraction of sp³-hybridized carbons (Fsp3) is 0.115.